The molecule has 1 heterocycles. The predicted molar refractivity (Wildman–Crippen MR) is 71.0 cm³/mol. The van der Waals surface area contributed by atoms with E-state index in [1.54, 1.807) is 0 Å². The highest BCUT2D eigenvalue weighted by atomic mass is 16.2. The molecule has 1 fully saturated rings. The van der Waals surface area contributed by atoms with Crippen molar-refractivity contribution in [2.75, 3.05) is 27.2 Å². The lowest BCUT2D eigenvalue weighted by Gasteiger charge is -2.25. The molecule has 100 valence electrons. The number of likely N-dealkylation sites (N-methyl/N-ethyl adjacent to an activating group) is 1. The number of nitrogens with one attached hydrogen (secondary N) is 2. The van der Waals surface area contributed by atoms with Crippen molar-refractivity contribution in [2.24, 2.45) is 5.92 Å². The first-order valence-electron chi connectivity index (χ1n) is 6.67. The molecule has 0 aromatic rings. The maximum Gasteiger partial charge on any atom is 0.237 e. The van der Waals surface area contributed by atoms with Gasteiger partial charge in [0.2, 0.25) is 5.91 Å². The molecule has 4 nitrogen and oxygen atoms in total. The summed E-state index contributed by atoms with van der Waals surface area (Å²) in [5.74, 6) is 0.784. The van der Waals surface area contributed by atoms with Gasteiger partial charge in [0, 0.05) is 12.6 Å². The van der Waals surface area contributed by atoms with Gasteiger partial charge in [0.25, 0.3) is 0 Å². The molecule has 1 unspecified atom stereocenters. The maximum atomic E-state index is 12.0. The first kappa shape index (κ1) is 14.5. The highest BCUT2D eigenvalue weighted by molar-refractivity contribution is 5.82. The average molecular weight is 241 g/mol. The minimum absolute atomic E-state index is 0.0341. The van der Waals surface area contributed by atoms with Crippen LogP contribution in [0.4, 0.5) is 0 Å². The molecule has 4 heteroatoms. The number of hydrogen-bond donors (Lipinski definition) is 2. The molecule has 0 aromatic heterocycles. The average Bonchev–Trinajstić information content (AvgIpc) is 2.67. The number of carbonyl (C=O) groups is 1. The van der Waals surface area contributed by atoms with E-state index >= 15 is 0 Å². The zero-order chi connectivity index (χ0) is 12.8. The molecule has 1 aliphatic heterocycles. The Balaban J connectivity index is 2.43. The van der Waals surface area contributed by atoms with Crippen molar-refractivity contribution in [2.45, 2.75) is 45.2 Å². The summed E-state index contributed by atoms with van der Waals surface area (Å²) in [6.45, 7) is 6.28. The summed E-state index contributed by atoms with van der Waals surface area (Å²) in [6, 6.07) is 0.298. The molecule has 1 aliphatic rings. The second-order valence-electron chi connectivity index (χ2n) is 5.75. The van der Waals surface area contributed by atoms with Crippen LogP contribution in [0.1, 0.15) is 33.1 Å². The topological polar surface area (TPSA) is 44.4 Å². The molecule has 1 saturated heterocycles. The predicted octanol–water partition coefficient (Wildman–Crippen LogP) is 0.831. The molecule has 0 bridgehead atoms. The van der Waals surface area contributed by atoms with Crippen LogP contribution in [0.25, 0.3) is 0 Å². The molecule has 0 saturated carbocycles. The number of hydrogen-bond acceptors (Lipinski definition) is 3. The van der Waals surface area contributed by atoms with Crippen LogP contribution in [-0.2, 0) is 4.79 Å². The van der Waals surface area contributed by atoms with E-state index in [2.05, 4.69) is 29.4 Å². The van der Waals surface area contributed by atoms with Crippen LogP contribution in [0.5, 0.6) is 0 Å². The van der Waals surface area contributed by atoms with E-state index in [1.165, 1.54) is 0 Å². The van der Waals surface area contributed by atoms with Crippen LogP contribution in [0.2, 0.25) is 0 Å². The third-order valence-electron chi connectivity index (χ3n) is 3.06. The lowest BCUT2D eigenvalue weighted by Crippen LogP contribution is -2.48. The van der Waals surface area contributed by atoms with Gasteiger partial charge in [-0.15, -0.1) is 0 Å². The lowest BCUT2D eigenvalue weighted by atomic mass is 10.0. The summed E-state index contributed by atoms with van der Waals surface area (Å²) in [6.07, 6.45) is 3.12. The number of nitrogens with zero attached hydrogens (tertiary/aromatic N) is 1. The van der Waals surface area contributed by atoms with Crippen molar-refractivity contribution >= 4 is 5.91 Å². The number of amides is 1. The monoisotopic (exact) mass is 241 g/mol. The molecular formula is C13H27N3O. The molecule has 0 aromatic carbocycles. The highest BCUT2D eigenvalue weighted by Gasteiger charge is 2.24. The Bertz CT molecular complexity index is 225. The maximum absolute atomic E-state index is 12.0. The molecule has 2 atom stereocenters. The quantitative estimate of drug-likeness (QED) is 0.724. The molecule has 2 N–H and O–H groups in total. The third-order valence-corrected chi connectivity index (χ3v) is 3.06. The summed E-state index contributed by atoms with van der Waals surface area (Å²) >= 11 is 0. The summed E-state index contributed by atoms with van der Waals surface area (Å²) in [5, 5.41) is 6.42. The smallest absolute Gasteiger partial charge is 0.237 e. The van der Waals surface area contributed by atoms with Gasteiger partial charge in [0.05, 0.1) is 6.04 Å². The van der Waals surface area contributed by atoms with Gasteiger partial charge in [-0.1, -0.05) is 13.8 Å². The zero-order valence-corrected chi connectivity index (χ0v) is 11.6. The Morgan fingerprint density at radius 3 is 2.65 bits per heavy atom. The Morgan fingerprint density at radius 1 is 1.47 bits per heavy atom. The van der Waals surface area contributed by atoms with Crippen molar-refractivity contribution in [3.05, 3.63) is 0 Å². The minimum Gasteiger partial charge on any atom is -0.351 e. The lowest BCUT2D eigenvalue weighted by molar-refractivity contribution is -0.123. The van der Waals surface area contributed by atoms with Crippen LogP contribution in [0.3, 0.4) is 0 Å². The Kier molecular flexibility index (Phi) is 5.92. The molecule has 0 radical (unpaired) electrons. The molecule has 1 amide bonds. The Hall–Kier alpha value is -0.610. The van der Waals surface area contributed by atoms with Gasteiger partial charge >= 0.3 is 0 Å². The van der Waals surface area contributed by atoms with Gasteiger partial charge < -0.3 is 15.5 Å². The molecule has 0 aliphatic carbocycles. The van der Waals surface area contributed by atoms with Crippen LogP contribution >= 0.6 is 0 Å². The standard InChI is InChI=1S/C13H27N3O/c1-10(2)8-11(9-16(3)4)15-13(17)12-6-5-7-14-12/h10-12,14H,5-9H2,1-4H3,(H,15,17)/t11?,12-/m1/s1. The van der Waals surface area contributed by atoms with Gasteiger partial charge in [-0.3, -0.25) is 4.79 Å². The minimum atomic E-state index is 0.0341. The van der Waals surface area contributed by atoms with E-state index < -0.39 is 0 Å². The molecule has 17 heavy (non-hydrogen) atoms. The Morgan fingerprint density at radius 2 is 2.18 bits per heavy atom. The van der Waals surface area contributed by atoms with Crippen LogP contribution < -0.4 is 10.6 Å². The van der Waals surface area contributed by atoms with E-state index in [-0.39, 0.29) is 18.0 Å². The number of carbonyl (C=O) groups excluding carboxylic acids is 1. The van der Waals surface area contributed by atoms with Gasteiger partial charge in [-0.2, -0.15) is 0 Å². The van der Waals surface area contributed by atoms with Crippen LogP contribution in [-0.4, -0.2) is 50.1 Å². The fraction of sp³-hybridized carbons (Fsp3) is 0.923. The van der Waals surface area contributed by atoms with Crippen molar-refractivity contribution in [1.82, 2.24) is 15.5 Å². The zero-order valence-electron chi connectivity index (χ0n) is 11.6. The van der Waals surface area contributed by atoms with Crippen molar-refractivity contribution in [3.63, 3.8) is 0 Å². The molecular weight excluding hydrogens is 214 g/mol. The summed E-state index contributed by atoms with van der Waals surface area (Å²) in [7, 11) is 4.10. The van der Waals surface area contributed by atoms with Crippen LogP contribution in [0, 0.1) is 5.92 Å². The largest absolute Gasteiger partial charge is 0.351 e. The second-order valence-corrected chi connectivity index (χ2v) is 5.75. The Labute approximate surface area is 105 Å². The van der Waals surface area contributed by atoms with Crippen molar-refractivity contribution in [1.29, 1.82) is 0 Å². The van der Waals surface area contributed by atoms with E-state index in [0.717, 1.165) is 32.4 Å². The molecule has 1 rings (SSSR count). The fourth-order valence-corrected chi connectivity index (χ4v) is 2.40. The fourth-order valence-electron chi connectivity index (χ4n) is 2.40. The highest BCUT2D eigenvalue weighted by Crippen LogP contribution is 2.09. The third kappa shape index (κ3) is 5.50. The second kappa shape index (κ2) is 6.97. The van der Waals surface area contributed by atoms with Gasteiger partial charge in [-0.25, -0.2) is 0 Å². The van der Waals surface area contributed by atoms with E-state index in [4.69, 9.17) is 0 Å². The van der Waals surface area contributed by atoms with Crippen LogP contribution in [0.15, 0.2) is 0 Å². The summed E-state index contributed by atoms with van der Waals surface area (Å²) in [4.78, 5) is 14.2. The van der Waals surface area contributed by atoms with E-state index in [1.807, 2.05) is 14.1 Å². The van der Waals surface area contributed by atoms with Gasteiger partial charge in [0.15, 0.2) is 0 Å². The first-order valence-corrected chi connectivity index (χ1v) is 6.67. The summed E-state index contributed by atoms with van der Waals surface area (Å²) in [5.41, 5.74) is 0. The van der Waals surface area contributed by atoms with Gasteiger partial charge in [-0.05, 0) is 45.8 Å². The number of rotatable bonds is 6. The van der Waals surface area contributed by atoms with E-state index in [9.17, 15) is 4.79 Å². The normalized spacial score (nSPS) is 22.1. The van der Waals surface area contributed by atoms with Crippen molar-refractivity contribution < 1.29 is 4.79 Å². The van der Waals surface area contributed by atoms with Crippen molar-refractivity contribution in [3.8, 4) is 0 Å². The first-order chi connectivity index (χ1) is 7.99. The summed E-state index contributed by atoms with van der Waals surface area (Å²) < 4.78 is 0. The SMILES string of the molecule is CC(C)CC(CN(C)C)NC(=O)[C@H]1CCCN1. The van der Waals surface area contributed by atoms with Gasteiger partial charge in [0.1, 0.15) is 0 Å². The molecule has 0 spiro atoms. The van der Waals surface area contributed by atoms with E-state index in [0.29, 0.717) is 5.92 Å².